The van der Waals surface area contributed by atoms with E-state index in [0.717, 1.165) is 36.2 Å². The van der Waals surface area contributed by atoms with Crippen molar-refractivity contribution in [2.24, 2.45) is 46.2 Å². The van der Waals surface area contributed by atoms with Crippen LogP contribution in [0.15, 0.2) is 51.6 Å². The van der Waals surface area contributed by atoms with Crippen molar-refractivity contribution in [3.05, 3.63) is 63.3 Å². The van der Waals surface area contributed by atoms with Crippen molar-refractivity contribution in [2.45, 2.75) is 125 Å². The fraction of sp³-hybridized carbons (Fsp3) is 0.585. The Morgan fingerprint density at radius 2 is 1.74 bits per heavy atom. The maximum absolute atomic E-state index is 14.2. The Labute approximate surface area is 391 Å². The lowest BCUT2D eigenvalue weighted by molar-refractivity contribution is -0.139. The number of hydrogen-bond acceptors (Lipinski definition) is 12. The molecule has 1 aliphatic carbocycles. The molecule has 1 amide bonds. The van der Waals surface area contributed by atoms with Gasteiger partial charge in [0.15, 0.2) is 5.75 Å². The molecule has 1 saturated carbocycles. The van der Waals surface area contributed by atoms with E-state index in [9.17, 15) is 24.4 Å². The molecule has 2 N–H and O–H groups in total. The zero-order valence-corrected chi connectivity index (χ0v) is 41.0. The minimum Gasteiger partial charge on any atom is -0.484 e. The van der Waals surface area contributed by atoms with Crippen LogP contribution in [0.4, 0.5) is 0 Å². The van der Waals surface area contributed by atoms with Gasteiger partial charge in [-0.2, -0.15) is 5.26 Å². The van der Waals surface area contributed by atoms with Crippen LogP contribution >= 0.6 is 0 Å². The van der Waals surface area contributed by atoms with Gasteiger partial charge in [0.2, 0.25) is 5.91 Å². The van der Waals surface area contributed by atoms with Gasteiger partial charge in [-0.1, -0.05) is 50.1 Å². The molecule has 7 unspecified atom stereocenters. The van der Waals surface area contributed by atoms with Crippen molar-refractivity contribution >= 4 is 41.2 Å². The summed E-state index contributed by atoms with van der Waals surface area (Å²) in [6, 6.07) is 2.39. The van der Waals surface area contributed by atoms with E-state index in [0.29, 0.717) is 79.1 Å². The van der Waals surface area contributed by atoms with E-state index in [-0.39, 0.29) is 53.9 Å². The number of likely N-dealkylation sites (N-methyl/N-ethyl adjacent to an activating group) is 1. The van der Waals surface area contributed by atoms with Crippen molar-refractivity contribution in [2.75, 3.05) is 40.3 Å². The van der Waals surface area contributed by atoms with Crippen LogP contribution in [0.3, 0.4) is 0 Å². The van der Waals surface area contributed by atoms with Gasteiger partial charge in [-0.25, -0.2) is 9.79 Å². The second kappa shape index (κ2) is 21.0. The van der Waals surface area contributed by atoms with Gasteiger partial charge in [-0.15, -0.1) is 0 Å². The number of ketones is 1. The highest BCUT2D eigenvalue weighted by atomic mass is 16.5. The van der Waals surface area contributed by atoms with Gasteiger partial charge in [0.25, 0.3) is 0 Å². The first-order valence-electron chi connectivity index (χ1n) is 23.8. The minimum atomic E-state index is -0.764. The van der Waals surface area contributed by atoms with Crippen molar-refractivity contribution in [1.29, 1.82) is 5.26 Å². The van der Waals surface area contributed by atoms with E-state index in [2.05, 4.69) is 50.8 Å². The average Bonchev–Trinajstić information content (AvgIpc) is 3.26. The number of amides is 1. The number of nitriles is 1. The molecule has 1 aromatic carbocycles. The molecular formula is C53H71N5O8. The van der Waals surface area contributed by atoms with Crippen molar-refractivity contribution in [1.82, 2.24) is 9.80 Å². The second-order valence-corrected chi connectivity index (χ2v) is 20.0. The van der Waals surface area contributed by atoms with Gasteiger partial charge >= 0.3 is 11.9 Å². The number of carbonyl (C=O) groups is 4. The number of aliphatic imine (C=N–C) groups is 1. The number of rotatable bonds is 14. The Kier molecular flexibility index (Phi) is 15.9. The third kappa shape index (κ3) is 10.7. The van der Waals surface area contributed by atoms with Crippen molar-refractivity contribution in [3.63, 3.8) is 0 Å². The number of esters is 2. The van der Waals surface area contributed by atoms with E-state index in [1.807, 2.05) is 46.9 Å². The molecule has 5 aliphatic rings. The number of nitrogens with zero attached hydrogens (tertiary/aromatic N) is 4. The molecule has 4 heterocycles. The van der Waals surface area contributed by atoms with Crippen LogP contribution in [0.5, 0.6) is 17.2 Å². The van der Waals surface area contributed by atoms with Gasteiger partial charge in [0.05, 0.1) is 36.4 Å². The summed E-state index contributed by atoms with van der Waals surface area (Å²) in [7, 11) is 3.37. The first-order valence-corrected chi connectivity index (χ1v) is 23.8. The van der Waals surface area contributed by atoms with E-state index >= 15 is 0 Å². The maximum atomic E-state index is 14.2. The predicted octanol–water partition coefficient (Wildman–Crippen LogP) is 8.56. The molecule has 7 atom stereocenters. The number of hydrogen-bond donors (Lipinski definition) is 1. The Hall–Kier alpha value is -5.48. The fourth-order valence-electron chi connectivity index (χ4n) is 10.4. The number of allylic oxidation sites excluding steroid dienone is 5. The monoisotopic (exact) mass is 906 g/mol. The molecule has 66 heavy (non-hydrogen) atoms. The number of fused-ring (bicyclic) bond motifs is 3. The molecule has 13 heteroatoms. The maximum Gasteiger partial charge on any atom is 0.333 e. The largest absolute Gasteiger partial charge is 0.484 e. The summed E-state index contributed by atoms with van der Waals surface area (Å²) in [6.45, 7) is 20.9. The van der Waals surface area contributed by atoms with E-state index in [1.54, 1.807) is 17.9 Å². The van der Waals surface area contributed by atoms with Gasteiger partial charge in [0, 0.05) is 73.5 Å². The summed E-state index contributed by atoms with van der Waals surface area (Å²) in [5.41, 5.74) is 11.7. The lowest BCUT2D eigenvalue weighted by Gasteiger charge is -2.48. The number of amidine groups is 1. The number of carbonyl (C=O) groups excluding carboxylic acids is 4. The summed E-state index contributed by atoms with van der Waals surface area (Å²) < 4.78 is 26.1. The van der Waals surface area contributed by atoms with Crippen molar-refractivity contribution < 1.29 is 38.1 Å². The Morgan fingerprint density at radius 1 is 1.05 bits per heavy atom. The second-order valence-electron chi connectivity index (χ2n) is 20.0. The van der Waals surface area contributed by atoms with Crippen LogP contribution in [-0.4, -0.2) is 91.3 Å². The number of methoxy groups -OCH3 is 1. The highest BCUT2D eigenvalue weighted by Gasteiger charge is 2.51. The summed E-state index contributed by atoms with van der Waals surface area (Å²) in [5.74, 6) is -1.69. The molecular weight excluding hydrogens is 835 g/mol. The number of benzene rings is 1. The normalized spacial score (nSPS) is 26.2. The van der Waals surface area contributed by atoms with E-state index < -0.39 is 41.4 Å². The number of piperazine rings is 1. The molecule has 6 rings (SSSR count). The van der Waals surface area contributed by atoms with Gasteiger partial charge in [-0.05, 0) is 105 Å². The van der Waals surface area contributed by atoms with Gasteiger partial charge < -0.3 is 34.5 Å². The molecule has 13 nitrogen and oxygen atoms in total. The zero-order valence-electron chi connectivity index (χ0n) is 41.0. The van der Waals surface area contributed by atoms with Gasteiger partial charge in [-0.3, -0.25) is 14.4 Å². The zero-order chi connectivity index (χ0) is 48.2. The molecule has 1 saturated heterocycles. The molecule has 0 spiro atoms. The third-order valence-corrected chi connectivity index (χ3v) is 14.1. The van der Waals surface area contributed by atoms with E-state index in [1.165, 1.54) is 12.7 Å². The number of nitrogens with two attached hydrogens (primary N) is 1. The standard InChI is InChI=1S/C53H71N5O8/c1-30(2)13-12-23-53(9)24-22-38-47(66-53)37(16-14-31(3)4)50-45(49(38)64-42(61)21-20-41(60)58-27-25-57(10)26-28-58)46-44(34(8)39(29-54)51(55)56-46)48(65-50)36-18-19-40(59)35(43(36)32(5)6)17-15-33(7)52(62)63-11/h13-15,22,24,32,34-36,39,43,48H,12,16-21,23,25-28H2,1-11H3,(H2,55,56). The number of ether oxygens (including phenoxy) is 4. The summed E-state index contributed by atoms with van der Waals surface area (Å²) >= 11 is 0. The molecule has 2 fully saturated rings. The Balaban J connectivity index is 1.56. The molecule has 4 aliphatic heterocycles. The fourth-order valence-corrected chi connectivity index (χ4v) is 10.4. The smallest absolute Gasteiger partial charge is 0.333 e. The quantitative estimate of drug-likeness (QED) is 0.0820. The Bertz CT molecular complexity index is 2310. The third-order valence-electron chi connectivity index (χ3n) is 14.1. The summed E-state index contributed by atoms with van der Waals surface area (Å²) in [5, 5.41) is 10.6. The SMILES string of the molecule is COC(=O)C(C)=CCC1C(=O)CCC(C2Oc3c(CC=C(C)C)c4c(c(OC(=O)CCC(=O)N5CCN(C)CC5)c3C3=C2C(C)C(C#N)C(N)=N3)C=CC(C)(CCC=C(C)C)O4)C1C(C)C. The van der Waals surface area contributed by atoms with E-state index in [4.69, 9.17) is 29.7 Å². The number of Topliss-reactive ketones (excluding diaryl/α,β-unsaturated/α-hetero) is 1. The topological polar surface area (TPSA) is 174 Å². The molecule has 0 bridgehead atoms. The first kappa shape index (κ1) is 49.9. The lowest BCUT2D eigenvalue weighted by Crippen LogP contribution is -2.49. The Morgan fingerprint density at radius 3 is 2.38 bits per heavy atom. The van der Waals surface area contributed by atoms with Crippen LogP contribution in [0.1, 0.15) is 124 Å². The highest BCUT2D eigenvalue weighted by molar-refractivity contribution is 5.98. The van der Waals surface area contributed by atoms with Crippen LogP contribution in [-0.2, 0) is 30.3 Å². The van der Waals surface area contributed by atoms with Crippen LogP contribution in [0.2, 0.25) is 0 Å². The van der Waals surface area contributed by atoms with Crippen LogP contribution in [0, 0.1) is 46.8 Å². The molecule has 1 aromatic rings. The minimum absolute atomic E-state index is 0.00857. The van der Waals surface area contributed by atoms with Crippen LogP contribution < -0.4 is 19.9 Å². The predicted molar refractivity (Wildman–Crippen MR) is 256 cm³/mol. The molecule has 0 aromatic heterocycles. The summed E-state index contributed by atoms with van der Waals surface area (Å²) in [6.07, 6.45) is 12.3. The van der Waals surface area contributed by atoms with Crippen molar-refractivity contribution in [3.8, 4) is 23.3 Å². The molecule has 0 radical (unpaired) electrons. The van der Waals surface area contributed by atoms with Gasteiger partial charge in [0.1, 0.15) is 40.7 Å². The average molecular weight is 906 g/mol. The lowest BCUT2D eigenvalue weighted by atomic mass is 9.61. The van der Waals surface area contributed by atoms with Crippen LogP contribution in [0.25, 0.3) is 11.8 Å². The summed E-state index contributed by atoms with van der Waals surface area (Å²) in [4.78, 5) is 63.0. The molecule has 356 valence electrons. The first-order chi connectivity index (χ1) is 31.3. The highest BCUT2D eigenvalue weighted by Crippen LogP contribution is 2.58.